The van der Waals surface area contributed by atoms with Crippen LogP contribution in [-0.4, -0.2) is 34.5 Å². The van der Waals surface area contributed by atoms with Gasteiger partial charge in [-0.3, -0.25) is 23.9 Å². The summed E-state index contributed by atoms with van der Waals surface area (Å²) in [5.74, 6) is -0.275. The molecule has 2 aromatic rings. The summed E-state index contributed by atoms with van der Waals surface area (Å²) in [6.07, 6.45) is 0.535. The molecule has 10 heteroatoms. The maximum absolute atomic E-state index is 13.0. The zero-order valence-electron chi connectivity index (χ0n) is 18.4. The number of hydrogen-bond acceptors (Lipinski definition) is 6. The summed E-state index contributed by atoms with van der Waals surface area (Å²) < 4.78 is 1.29. The zero-order valence-corrected chi connectivity index (χ0v) is 19.3. The lowest BCUT2D eigenvalue weighted by atomic mass is 10.1. The molecule has 0 radical (unpaired) electrons. The fraction of sp³-hybridized carbons (Fsp3) is 0.524. The first-order valence-corrected chi connectivity index (χ1v) is 11.2. The molecule has 4 N–H and O–H groups in total. The van der Waals surface area contributed by atoms with E-state index in [2.05, 4.69) is 10.3 Å². The second kappa shape index (κ2) is 10.9. The second-order valence-corrected chi connectivity index (χ2v) is 9.18. The van der Waals surface area contributed by atoms with Crippen LogP contribution in [0, 0.1) is 11.8 Å². The van der Waals surface area contributed by atoms with Gasteiger partial charge in [0, 0.05) is 26.1 Å². The van der Waals surface area contributed by atoms with Gasteiger partial charge in [-0.2, -0.15) is 0 Å². The molecule has 31 heavy (non-hydrogen) atoms. The molecule has 0 bridgehead atoms. The number of aromatic amines is 1. The van der Waals surface area contributed by atoms with Gasteiger partial charge in [0.05, 0.1) is 4.88 Å². The van der Waals surface area contributed by atoms with E-state index in [9.17, 15) is 19.2 Å². The molecule has 2 aromatic heterocycles. The smallest absolute Gasteiger partial charge is 0.330 e. The quantitative estimate of drug-likeness (QED) is 0.478. The molecule has 0 spiro atoms. The molecule has 0 aliphatic rings. The normalized spacial score (nSPS) is 11.2. The van der Waals surface area contributed by atoms with Crippen molar-refractivity contribution in [3.63, 3.8) is 0 Å². The molecule has 0 saturated carbocycles. The number of H-pyrrole nitrogens is 1. The minimum absolute atomic E-state index is 0.00145. The monoisotopic (exact) mass is 449 g/mol. The number of carbonyl (C=O) groups is 2. The molecule has 170 valence electrons. The van der Waals surface area contributed by atoms with E-state index in [0.29, 0.717) is 24.4 Å². The van der Waals surface area contributed by atoms with Crippen LogP contribution >= 0.6 is 11.3 Å². The van der Waals surface area contributed by atoms with Crippen LogP contribution in [-0.2, 0) is 11.3 Å². The van der Waals surface area contributed by atoms with Gasteiger partial charge in [0.1, 0.15) is 5.82 Å². The highest BCUT2D eigenvalue weighted by Gasteiger charge is 2.25. The molecule has 0 aliphatic carbocycles. The lowest BCUT2D eigenvalue weighted by Crippen LogP contribution is -2.43. The minimum Gasteiger partial charge on any atom is -0.383 e. The van der Waals surface area contributed by atoms with Gasteiger partial charge in [0.15, 0.2) is 5.69 Å². The van der Waals surface area contributed by atoms with Crippen LogP contribution in [0.3, 0.4) is 0 Å². The van der Waals surface area contributed by atoms with Crippen molar-refractivity contribution in [3.05, 3.63) is 43.2 Å². The maximum Gasteiger partial charge on any atom is 0.330 e. The predicted octanol–water partition coefficient (Wildman–Crippen LogP) is 2.04. The van der Waals surface area contributed by atoms with Crippen molar-refractivity contribution in [2.75, 3.05) is 23.7 Å². The van der Waals surface area contributed by atoms with Crippen LogP contribution < -0.4 is 27.2 Å². The summed E-state index contributed by atoms with van der Waals surface area (Å²) in [6.45, 7) is 8.65. The second-order valence-electron chi connectivity index (χ2n) is 8.23. The number of nitrogens with zero attached hydrogens (tertiary/aromatic N) is 2. The van der Waals surface area contributed by atoms with Crippen LogP contribution in [0.5, 0.6) is 0 Å². The number of anilines is 2. The van der Waals surface area contributed by atoms with Gasteiger partial charge < -0.3 is 16.0 Å². The van der Waals surface area contributed by atoms with Crippen molar-refractivity contribution in [1.29, 1.82) is 0 Å². The average Bonchev–Trinajstić information content (AvgIpc) is 3.21. The van der Waals surface area contributed by atoms with Crippen molar-refractivity contribution in [2.24, 2.45) is 11.8 Å². The number of amides is 2. The third kappa shape index (κ3) is 6.55. The summed E-state index contributed by atoms with van der Waals surface area (Å²) in [7, 11) is 0. The number of thiophene rings is 1. The van der Waals surface area contributed by atoms with Crippen molar-refractivity contribution < 1.29 is 9.59 Å². The van der Waals surface area contributed by atoms with E-state index in [0.717, 1.165) is 0 Å². The van der Waals surface area contributed by atoms with Crippen molar-refractivity contribution in [2.45, 2.75) is 47.1 Å². The van der Waals surface area contributed by atoms with Crippen LogP contribution in [0.25, 0.3) is 0 Å². The maximum atomic E-state index is 13.0. The van der Waals surface area contributed by atoms with Crippen molar-refractivity contribution in [3.8, 4) is 0 Å². The van der Waals surface area contributed by atoms with Gasteiger partial charge in [0.25, 0.3) is 11.5 Å². The number of carbonyl (C=O) groups excluding carboxylic acids is 2. The van der Waals surface area contributed by atoms with Crippen LogP contribution in [0.1, 0.15) is 50.2 Å². The summed E-state index contributed by atoms with van der Waals surface area (Å²) in [6, 6.07) is 3.53. The van der Waals surface area contributed by atoms with Gasteiger partial charge >= 0.3 is 5.69 Å². The number of nitrogen functional groups attached to an aromatic ring is 1. The Hall–Kier alpha value is -2.88. The third-order valence-electron chi connectivity index (χ3n) is 4.48. The average molecular weight is 450 g/mol. The fourth-order valence-electron chi connectivity index (χ4n) is 3.14. The Morgan fingerprint density at radius 3 is 2.52 bits per heavy atom. The Bertz CT molecular complexity index is 1010. The van der Waals surface area contributed by atoms with E-state index in [1.807, 2.05) is 33.1 Å². The van der Waals surface area contributed by atoms with Gasteiger partial charge in [-0.25, -0.2) is 4.79 Å². The zero-order chi connectivity index (χ0) is 23.1. The van der Waals surface area contributed by atoms with Crippen LogP contribution in [0.15, 0.2) is 27.1 Å². The molecule has 0 fully saturated rings. The standard InChI is InChI=1S/C21H31N5O4S/c1-13(2)11-25(16(27)8-5-9-23-19(28)15-7-6-10-31-15)17-18(22)26(12-14(3)4)21(30)24-20(17)29/h6-7,10,13-14H,5,8-9,11-12,22H2,1-4H3,(H,23,28)(H,24,29,30). The highest BCUT2D eigenvalue weighted by atomic mass is 32.1. The molecule has 2 rings (SSSR count). The number of hydrogen-bond donors (Lipinski definition) is 3. The van der Waals surface area contributed by atoms with E-state index in [-0.39, 0.29) is 48.1 Å². The lowest BCUT2D eigenvalue weighted by Gasteiger charge is -2.26. The summed E-state index contributed by atoms with van der Waals surface area (Å²) >= 11 is 1.35. The Kier molecular flexibility index (Phi) is 8.61. The predicted molar refractivity (Wildman–Crippen MR) is 124 cm³/mol. The molecule has 9 nitrogen and oxygen atoms in total. The summed E-state index contributed by atoms with van der Waals surface area (Å²) in [5.41, 5.74) is 4.92. The van der Waals surface area contributed by atoms with E-state index in [1.165, 1.54) is 20.8 Å². The third-order valence-corrected chi connectivity index (χ3v) is 5.35. The first kappa shape index (κ1) is 24.4. The van der Waals surface area contributed by atoms with Crippen molar-refractivity contribution in [1.82, 2.24) is 14.9 Å². The van der Waals surface area contributed by atoms with Crippen LogP contribution in [0.2, 0.25) is 0 Å². The van der Waals surface area contributed by atoms with Gasteiger partial charge in [-0.05, 0) is 29.7 Å². The molecule has 0 atom stereocenters. The molecule has 0 unspecified atom stereocenters. The molecule has 2 heterocycles. The highest BCUT2D eigenvalue weighted by Crippen LogP contribution is 2.20. The Labute approximate surface area is 185 Å². The Morgan fingerprint density at radius 2 is 1.94 bits per heavy atom. The molecule has 0 aromatic carbocycles. The molecular weight excluding hydrogens is 418 g/mol. The topological polar surface area (TPSA) is 130 Å². The van der Waals surface area contributed by atoms with Crippen LogP contribution in [0.4, 0.5) is 11.5 Å². The number of nitrogens with one attached hydrogen (secondary N) is 2. The first-order valence-electron chi connectivity index (χ1n) is 10.4. The largest absolute Gasteiger partial charge is 0.383 e. The number of aromatic nitrogens is 2. The Balaban J connectivity index is 2.17. The van der Waals surface area contributed by atoms with Gasteiger partial charge in [-0.15, -0.1) is 11.3 Å². The molecule has 0 saturated heterocycles. The van der Waals surface area contributed by atoms with E-state index in [4.69, 9.17) is 5.73 Å². The van der Waals surface area contributed by atoms with Gasteiger partial charge in [0.2, 0.25) is 5.91 Å². The summed E-state index contributed by atoms with van der Waals surface area (Å²) in [4.78, 5) is 54.1. The number of rotatable bonds is 10. The van der Waals surface area contributed by atoms with Gasteiger partial charge in [-0.1, -0.05) is 33.8 Å². The van der Waals surface area contributed by atoms with Crippen molar-refractivity contribution >= 4 is 34.7 Å². The minimum atomic E-state index is -0.678. The first-order chi connectivity index (χ1) is 14.6. The Morgan fingerprint density at radius 1 is 1.23 bits per heavy atom. The van der Waals surface area contributed by atoms with E-state index < -0.39 is 11.2 Å². The SMILES string of the molecule is CC(C)CN(C(=O)CCCNC(=O)c1cccs1)c1c(N)n(CC(C)C)c(=O)[nH]c1=O. The molecule has 2 amide bonds. The van der Waals surface area contributed by atoms with E-state index in [1.54, 1.807) is 12.1 Å². The summed E-state index contributed by atoms with van der Waals surface area (Å²) in [5, 5.41) is 4.61. The highest BCUT2D eigenvalue weighted by molar-refractivity contribution is 7.12. The number of nitrogens with two attached hydrogens (primary N) is 1. The molecular formula is C21H31N5O4S. The molecule has 0 aliphatic heterocycles. The van der Waals surface area contributed by atoms with E-state index >= 15 is 0 Å². The lowest BCUT2D eigenvalue weighted by molar-refractivity contribution is -0.118. The fourth-order valence-corrected chi connectivity index (χ4v) is 3.78.